The standard InChI is InChI=1S/C14H19F.C3H8/c1-6-12-13(15)8-7-10(4)14(12)11(5)9(2)3;1-3-2/h7-9H,5-6H2,1-4H3;3H2,1-2H3. The van der Waals surface area contributed by atoms with Crippen LogP contribution in [0.15, 0.2) is 18.7 Å². The van der Waals surface area contributed by atoms with E-state index in [2.05, 4.69) is 34.3 Å². The fourth-order valence-electron chi connectivity index (χ4n) is 1.82. The molecule has 1 rings (SSSR count). The molecule has 1 aromatic carbocycles. The Bertz CT molecular complexity index is 389. The van der Waals surface area contributed by atoms with Crippen molar-refractivity contribution in [1.29, 1.82) is 0 Å². The molecule has 0 aliphatic carbocycles. The summed E-state index contributed by atoms with van der Waals surface area (Å²) in [5, 5.41) is 0. The van der Waals surface area contributed by atoms with Crippen molar-refractivity contribution in [3.63, 3.8) is 0 Å². The first-order chi connectivity index (χ1) is 8.40. The van der Waals surface area contributed by atoms with Gasteiger partial charge in [-0.05, 0) is 47.6 Å². The summed E-state index contributed by atoms with van der Waals surface area (Å²) in [6, 6.07) is 3.38. The van der Waals surface area contributed by atoms with Crippen LogP contribution in [0.1, 0.15) is 57.7 Å². The third-order valence-electron chi connectivity index (χ3n) is 2.84. The first kappa shape index (κ1) is 16.9. The highest BCUT2D eigenvalue weighted by Gasteiger charge is 2.14. The predicted molar refractivity (Wildman–Crippen MR) is 80.4 cm³/mol. The van der Waals surface area contributed by atoms with Gasteiger partial charge in [0.15, 0.2) is 0 Å². The summed E-state index contributed by atoms with van der Waals surface area (Å²) in [6.45, 7) is 16.5. The van der Waals surface area contributed by atoms with Crippen molar-refractivity contribution in [3.8, 4) is 0 Å². The molecule has 0 aromatic heterocycles. The molecule has 18 heavy (non-hydrogen) atoms. The molecule has 0 heterocycles. The van der Waals surface area contributed by atoms with Gasteiger partial charge in [-0.2, -0.15) is 0 Å². The summed E-state index contributed by atoms with van der Waals surface area (Å²) in [7, 11) is 0. The van der Waals surface area contributed by atoms with Gasteiger partial charge in [-0.15, -0.1) is 0 Å². The van der Waals surface area contributed by atoms with Gasteiger partial charge in [0.25, 0.3) is 0 Å². The van der Waals surface area contributed by atoms with Crippen LogP contribution in [0.5, 0.6) is 0 Å². The van der Waals surface area contributed by atoms with E-state index in [1.165, 1.54) is 6.42 Å². The number of allylic oxidation sites excluding steroid dienone is 1. The molecule has 0 nitrogen and oxygen atoms in total. The van der Waals surface area contributed by atoms with E-state index >= 15 is 0 Å². The Balaban J connectivity index is 0.000000873. The Kier molecular flexibility index (Phi) is 7.58. The smallest absolute Gasteiger partial charge is 0.127 e. The maximum atomic E-state index is 13.6. The predicted octanol–water partition coefficient (Wildman–Crippen LogP) is 5.78. The van der Waals surface area contributed by atoms with Gasteiger partial charge in [0.05, 0.1) is 0 Å². The second-order valence-electron chi connectivity index (χ2n) is 4.96. The van der Waals surface area contributed by atoms with Crippen LogP contribution in [0.3, 0.4) is 0 Å². The minimum Gasteiger partial charge on any atom is -0.207 e. The minimum atomic E-state index is -0.111. The molecule has 102 valence electrons. The van der Waals surface area contributed by atoms with Crippen LogP contribution in [0.2, 0.25) is 0 Å². The molecule has 0 aliphatic heterocycles. The fraction of sp³-hybridized carbons (Fsp3) is 0.529. The normalized spacial score (nSPS) is 10.0. The van der Waals surface area contributed by atoms with Gasteiger partial charge in [0.2, 0.25) is 0 Å². The largest absolute Gasteiger partial charge is 0.207 e. The fourth-order valence-corrected chi connectivity index (χ4v) is 1.82. The summed E-state index contributed by atoms with van der Waals surface area (Å²) < 4.78 is 13.6. The van der Waals surface area contributed by atoms with E-state index < -0.39 is 0 Å². The number of aryl methyl sites for hydroxylation is 1. The molecular weight excluding hydrogens is 223 g/mol. The number of hydrogen-bond donors (Lipinski definition) is 0. The average molecular weight is 250 g/mol. The Morgan fingerprint density at radius 1 is 1.22 bits per heavy atom. The highest BCUT2D eigenvalue weighted by Crippen LogP contribution is 2.29. The van der Waals surface area contributed by atoms with Crippen LogP contribution in [-0.2, 0) is 6.42 Å². The molecular formula is C17H27F. The summed E-state index contributed by atoms with van der Waals surface area (Å²) in [6.07, 6.45) is 1.97. The van der Waals surface area contributed by atoms with Crippen molar-refractivity contribution in [2.24, 2.45) is 5.92 Å². The highest BCUT2D eigenvalue weighted by atomic mass is 19.1. The number of halogens is 1. The highest BCUT2D eigenvalue weighted by molar-refractivity contribution is 5.70. The van der Waals surface area contributed by atoms with E-state index in [4.69, 9.17) is 0 Å². The molecule has 0 atom stereocenters. The maximum absolute atomic E-state index is 13.6. The second-order valence-corrected chi connectivity index (χ2v) is 4.96. The Labute approximate surface area is 112 Å². The van der Waals surface area contributed by atoms with Crippen molar-refractivity contribution in [2.75, 3.05) is 0 Å². The van der Waals surface area contributed by atoms with Crippen LogP contribution in [-0.4, -0.2) is 0 Å². The van der Waals surface area contributed by atoms with Gasteiger partial charge < -0.3 is 0 Å². The van der Waals surface area contributed by atoms with Gasteiger partial charge >= 0.3 is 0 Å². The summed E-state index contributed by atoms with van der Waals surface area (Å²) in [5.74, 6) is 0.246. The lowest BCUT2D eigenvalue weighted by atomic mass is 9.88. The first-order valence-corrected chi connectivity index (χ1v) is 6.87. The monoisotopic (exact) mass is 250 g/mol. The lowest BCUT2D eigenvalue weighted by Gasteiger charge is -2.17. The van der Waals surface area contributed by atoms with E-state index in [9.17, 15) is 4.39 Å². The van der Waals surface area contributed by atoms with E-state index in [-0.39, 0.29) is 5.82 Å². The zero-order valence-electron chi connectivity index (χ0n) is 12.7. The van der Waals surface area contributed by atoms with Crippen LogP contribution >= 0.6 is 0 Å². The third-order valence-corrected chi connectivity index (χ3v) is 2.84. The van der Waals surface area contributed by atoms with Crippen molar-refractivity contribution in [3.05, 3.63) is 41.2 Å². The van der Waals surface area contributed by atoms with Gasteiger partial charge in [0.1, 0.15) is 5.82 Å². The van der Waals surface area contributed by atoms with E-state index in [0.717, 1.165) is 22.3 Å². The minimum absolute atomic E-state index is 0.111. The number of hydrogen-bond acceptors (Lipinski definition) is 0. The van der Waals surface area contributed by atoms with E-state index in [0.29, 0.717) is 12.3 Å². The van der Waals surface area contributed by atoms with Gasteiger partial charge in [0, 0.05) is 0 Å². The lowest BCUT2D eigenvalue weighted by Crippen LogP contribution is -2.02. The summed E-state index contributed by atoms with van der Waals surface area (Å²) in [5.41, 5.74) is 3.97. The molecule has 0 spiro atoms. The second kappa shape index (κ2) is 8.07. The van der Waals surface area contributed by atoms with E-state index in [1.54, 1.807) is 6.07 Å². The maximum Gasteiger partial charge on any atom is 0.127 e. The van der Waals surface area contributed by atoms with Crippen molar-refractivity contribution in [2.45, 2.75) is 54.4 Å². The lowest BCUT2D eigenvalue weighted by molar-refractivity contribution is 0.610. The summed E-state index contributed by atoms with van der Waals surface area (Å²) >= 11 is 0. The molecule has 0 saturated carbocycles. The molecule has 0 fully saturated rings. The molecule has 1 aromatic rings. The molecule has 1 heteroatoms. The SMILES string of the molecule is C=C(c1c(C)ccc(F)c1CC)C(C)C.CCC. The van der Waals surface area contributed by atoms with E-state index in [1.807, 2.05) is 19.9 Å². The molecule has 0 amide bonds. The van der Waals surface area contributed by atoms with Crippen LogP contribution in [0, 0.1) is 18.7 Å². The zero-order chi connectivity index (χ0) is 14.3. The van der Waals surface area contributed by atoms with Crippen LogP contribution in [0.25, 0.3) is 5.57 Å². The van der Waals surface area contributed by atoms with Gasteiger partial charge in [-0.3, -0.25) is 0 Å². The topological polar surface area (TPSA) is 0 Å². The van der Waals surface area contributed by atoms with Crippen LogP contribution in [0.4, 0.5) is 4.39 Å². The van der Waals surface area contributed by atoms with Crippen molar-refractivity contribution < 1.29 is 4.39 Å². The first-order valence-electron chi connectivity index (χ1n) is 6.87. The average Bonchev–Trinajstić information content (AvgIpc) is 2.31. The molecule has 0 N–H and O–H groups in total. The molecule has 0 unspecified atom stereocenters. The van der Waals surface area contributed by atoms with Crippen molar-refractivity contribution in [1.82, 2.24) is 0 Å². The zero-order valence-corrected chi connectivity index (χ0v) is 12.7. The summed E-state index contributed by atoms with van der Waals surface area (Å²) in [4.78, 5) is 0. The third kappa shape index (κ3) is 4.29. The molecule has 0 bridgehead atoms. The molecule has 0 aliphatic rings. The van der Waals surface area contributed by atoms with Crippen LogP contribution < -0.4 is 0 Å². The Morgan fingerprint density at radius 3 is 2.11 bits per heavy atom. The Morgan fingerprint density at radius 2 is 1.72 bits per heavy atom. The van der Waals surface area contributed by atoms with Crippen molar-refractivity contribution >= 4 is 5.57 Å². The quantitative estimate of drug-likeness (QED) is 0.637. The van der Waals surface area contributed by atoms with Gasteiger partial charge in [-0.1, -0.05) is 53.7 Å². The Hall–Kier alpha value is -1.11. The van der Waals surface area contributed by atoms with Gasteiger partial charge in [-0.25, -0.2) is 4.39 Å². The molecule has 0 saturated heterocycles. The number of rotatable bonds is 3. The number of benzene rings is 1. The molecule has 0 radical (unpaired) electrons.